The Bertz CT molecular complexity index is 1160. The number of benzene rings is 3. The minimum absolute atomic E-state index is 0.332. The van der Waals surface area contributed by atoms with Crippen molar-refractivity contribution in [3.05, 3.63) is 102 Å². The Morgan fingerprint density at radius 2 is 1.42 bits per heavy atom. The summed E-state index contributed by atoms with van der Waals surface area (Å²) in [5.74, 6) is 0. The predicted molar refractivity (Wildman–Crippen MR) is 105 cm³/mol. The molecule has 0 aliphatic heterocycles. The van der Waals surface area contributed by atoms with E-state index in [2.05, 4.69) is 4.98 Å². The summed E-state index contributed by atoms with van der Waals surface area (Å²) in [6.45, 7) is 1.96. The van der Waals surface area contributed by atoms with E-state index in [9.17, 15) is 8.42 Å². The second-order valence-corrected chi connectivity index (χ2v) is 8.42. The van der Waals surface area contributed by atoms with Crippen LogP contribution in [0.25, 0.3) is 10.9 Å². The minimum Gasteiger partial charge on any atom is -0.361 e. The molecule has 0 fully saturated rings. The quantitative estimate of drug-likeness (QED) is 0.554. The molecule has 1 aromatic heterocycles. The first-order valence-corrected chi connectivity index (χ1v) is 10.0. The van der Waals surface area contributed by atoms with Crippen molar-refractivity contribution in [2.45, 2.75) is 17.1 Å². The van der Waals surface area contributed by atoms with Gasteiger partial charge in [0.1, 0.15) is 5.25 Å². The number of hydrogen-bond donors (Lipinski definition) is 1. The fourth-order valence-electron chi connectivity index (χ4n) is 3.44. The highest BCUT2D eigenvalue weighted by atomic mass is 32.2. The van der Waals surface area contributed by atoms with Crippen LogP contribution in [-0.4, -0.2) is 13.4 Å². The summed E-state index contributed by atoms with van der Waals surface area (Å²) in [6, 6.07) is 24.2. The number of aromatic amines is 1. The van der Waals surface area contributed by atoms with Crippen LogP contribution in [0.1, 0.15) is 21.9 Å². The topological polar surface area (TPSA) is 49.9 Å². The molecule has 0 saturated carbocycles. The fourth-order valence-corrected chi connectivity index (χ4v) is 5.38. The Balaban J connectivity index is 2.02. The van der Waals surface area contributed by atoms with Gasteiger partial charge in [-0.1, -0.05) is 60.7 Å². The Hall–Kier alpha value is -2.85. The largest absolute Gasteiger partial charge is 0.361 e. The van der Waals surface area contributed by atoms with Gasteiger partial charge in [0.2, 0.25) is 0 Å². The van der Waals surface area contributed by atoms with Crippen molar-refractivity contribution in [1.29, 1.82) is 0 Å². The van der Waals surface area contributed by atoms with Gasteiger partial charge in [0.25, 0.3) is 0 Å². The van der Waals surface area contributed by atoms with Crippen LogP contribution in [0, 0.1) is 6.92 Å². The van der Waals surface area contributed by atoms with Crippen LogP contribution in [-0.2, 0) is 9.84 Å². The van der Waals surface area contributed by atoms with Gasteiger partial charge in [-0.2, -0.15) is 0 Å². The standard InChI is InChI=1S/C22H19NO2S/c1-16-9-5-6-12-18(16)22(26(24,25)17-10-3-2-4-11-17)20-15-23-21-14-8-7-13-19(20)21/h2-15,22-23H,1H3. The Kier molecular flexibility index (Phi) is 4.13. The number of rotatable bonds is 4. The van der Waals surface area contributed by atoms with Crippen LogP contribution in [0.15, 0.2) is 90.0 Å². The monoisotopic (exact) mass is 361 g/mol. The van der Waals surface area contributed by atoms with Gasteiger partial charge >= 0.3 is 0 Å². The molecule has 1 N–H and O–H groups in total. The van der Waals surface area contributed by atoms with Gasteiger partial charge in [-0.15, -0.1) is 0 Å². The molecule has 0 bridgehead atoms. The molecular weight excluding hydrogens is 342 g/mol. The summed E-state index contributed by atoms with van der Waals surface area (Å²) in [5, 5.41) is 0.169. The normalized spacial score (nSPS) is 13.0. The van der Waals surface area contributed by atoms with Crippen molar-refractivity contribution in [3.63, 3.8) is 0 Å². The lowest BCUT2D eigenvalue weighted by Gasteiger charge is -2.20. The highest BCUT2D eigenvalue weighted by molar-refractivity contribution is 7.92. The van der Waals surface area contributed by atoms with Gasteiger partial charge in [0.05, 0.1) is 4.90 Å². The summed E-state index contributed by atoms with van der Waals surface area (Å²) in [6.07, 6.45) is 1.82. The zero-order valence-electron chi connectivity index (χ0n) is 14.4. The van der Waals surface area contributed by atoms with Crippen LogP contribution in [0.4, 0.5) is 0 Å². The fraction of sp³-hybridized carbons (Fsp3) is 0.0909. The van der Waals surface area contributed by atoms with Crippen molar-refractivity contribution < 1.29 is 8.42 Å². The second kappa shape index (κ2) is 6.46. The van der Waals surface area contributed by atoms with Crippen molar-refractivity contribution >= 4 is 20.7 Å². The number of aryl methyl sites for hydroxylation is 1. The molecule has 1 atom stereocenters. The Morgan fingerprint density at radius 1 is 0.769 bits per heavy atom. The molecule has 1 unspecified atom stereocenters. The SMILES string of the molecule is Cc1ccccc1C(c1c[nH]c2ccccc12)S(=O)(=O)c1ccccc1. The molecule has 0 amide bonds. The van der Waals surface area contributed by atoms with E-state index >= 15 is 0 Å². The van der Waals surface area contributed by atoms with Gasteiger partial charge in [0, 0.05) is 22.7 Å². The van der Waals surface area contributed by atoms with Crippen molar-refractivity contribution in [3.8, 4) is 0 Å². The number of sulfone groups is 1. The molecule has 4 aromatic rings. The Labute approximate surface area is 153 Å². The van der Waals surface area contributed by atoms with E-state index in [1.54, 1.807) is 24.3 Å². The number of aromatic nitrogens is 1. The van der Waals surface area contributed by atoms with E-state index in [0.717, 1.165) is 27.6 Å². The molecule has 26 heavy (non-hydrogen) atoms. The van der Waals surface area contributed by atoms with E-state index in [4.69, 9.17) is 0 Å². The molecule has 0 radical (unpaired) electrons. The van der Waals surface area contributed by atoms with Crippen LogP contribution >= 0.6 is 0 Å². The van der Waals surface area contributed by atoms with E-state index in [-0.39, 0.29) is 0 Å². The first-order chi connectivity index (χ1) is 12.6. The number of H-pyrrole nitrogens is 1. The highest BCUT2D eigenvalue weighted by Gasteiger charge is 2.33. The van der Waals surface area contributed by atoms with Crippen LogP contribution in [0.5, 0.6) is 0 Å². The first kappa shape index (κ1) is 16.6. The lowest BCUT2D eigenvalue weighted by Crippen LogP contribution is -2.16. The number of fused-ring (bicyclic) bond motifs is 1. The number of hydrogen-bond acceptors (Lipinski definition) is 2. The van der Waals surface area contributed by atoms with Gasteiger partial charge in [0.15, 0.2) is 9.84 Å². The summed E-state index contributed by atoms with van der Waals surface area (Å²) >= 11 is 0. The minimum atomic E-state index is -3.61. The molecule has 1 heterocycles. The molecular formula is C22H19NO2S. The average Bonchev–Trinajstić information content (AvgIpc) is 3.08. The van der Waals surface area contributed by atoms with Gasteiger partial charge < -0.3 is 4.98 Å². The molecule has 0 aliphatic carbocycles. The molecule has 4 heteroatoms. The third kappa shape index (κ3) is 2.72. The van der Waals surface area contributed by atoms with Crippen LogP contribution in [0.3, 0.4) is 0 Å². The highest BCUT2D eigenvalue weighted by Crippen LogP contribution is 2.39. The smallest absolute Gasteiger partial charge is 0.189 e. The maximum atomic E-state index is 13.6. The third-order valence-electron chi connectivity index (χ3n) is 4.76. The van der Waals surface area contributed by atoms with E-state index in [1.165, 1.54) is 0 Å². The Morgan fingerprint density at radius 3 is 2.19 bits per heavy atom. The van der Waals surface area contributed by atoms with E-state index < -0.39 is 15.1 Å². The molecule has 0 spiro atoms. The lowest BCUT2D eigenvalue weighted by atomic mass is 9.99. The maximum absolute atomic E-state index is 13.6. The first-order valence-electron chi connectivity index (χ1n) is 8.49. The summed E-state index contributed by atoms with van der Waals surface area (Å²) in [5.41, 5.74) is 3.48. The van der Waals surface area contributed by atoms with Gasteiger partial charge in [-0.25, -0.2) is 8.42 Å². The molecule has 4 rings (SSSR count). The molecule has 3 nitrogen and oxygen atoms in total. The van der Waals surface area contributed by atoms with Crippen molar-refractivity contribution in [2.75, 3.05) is 0 Å². The van der Waals surface area contributed by atoms with Gasteiger partial charge in [-0.05, 0) is 36.2 Å². The average molecular weight is 361 g/mol. The number of para-hydroxylation sites is 1. The van der Waals surface area contributed by atoms with Crippen molar-refractivity contribution in [2.24, 2.45) is 0 Å². The lowest BCUT2D eigenvalue weighted by molar-refractivity contribution is 0.589. The predicted octanol–water partition coefficient (Wildman–Crippen LogP) is 5.04. The zero-order valence-corrected chi connectivity index (χ0v) is 15.2. The van der Waals surface area contributed by atoms with Gasteiger partial charge in [-0.3, -0.25) is 0 Å². The molecule has 0 aliphatic rings. The summed E-state index contributed by atoms with van der Waals surface area (Å²) < 4.78 is 27.2. The zero-order chi connectivity index (χ0) is 18.1. The maximum Gasteiger partial charge on any atom is 0.189 e. The number of nitrogens with one attached hydrogen (secondary N) is 1. The summed E-state index contributed by atoms with van der Waals surface area (Å²) in [7, 11) is -3.61. The van der Waals surface area contributed by atoms with Crippen LogP contribution in [0.2, 0.25) is 0 Å². The molecule has 130 valence electrons. The van der Waals surface area contributed by atoms with Crippen LogP contribution < -0.4 is 0 Å². The van der Waals surface area contributed by atoms with Crippen molar-refractivity contribution in [1.82, 2.24) is 4.98 Å². The summed E-state index contributed by atoms with van der Waals surface area (Å²) in [4.78, 5) is 3.55. The van der Waals surface area contributed by atoms with E-state index in [0.29, 0.717) is 4.90 Å². The second-order valence-electron chi connectivity index (χ2n) is 6.38. The molecule has 3 aromatic carbocycles. The molecule has 0 saturated heterocycles. The third-order valence-corrected chi connectivity index (χ3v) is 6.81. The van der Waals surface area contributed by atoms with E-state index in [1.807, 2.05) is 67.7 Å².